The first-order valence-electron chi connectivity index (χ1n) is 12.9. The first-order chi connectivity index (χ1) is 19.5. The van der Waals surface area contributed by atoms with Gasteiger partial charge in [0.1, 0.15) is 24.6 Å². The Bertz CT molecular complexity index is 1290. The van der Waals surface area contributed by atoms with E-state index in [2.05, 4.69) is 0 Å². The van der Waals surface area contributed by atoms with Gasteiger partial charge in [-0.1, -0.05) is 48.5 Å². The Morgan fingerprint density at radius 1 is 0.683 bits per heavy atom. The van der Waals surface area contributed by atoms with Gasteiger partial charge >= 0.3 is 23.9 Å². The fourth-order valence-corrected chi connectivity index (χ4v) is 4.55. The summed E-state index contributed by atoms with van der Waals surface area (Å²) in [4.78, 5) is 60.6. The van der Waals surface area contributed by atoms with Crippen LogP contribution in [0.4, 0.5) is 0 Å². The van der Waals surface area contributed by atoms with Crippen LogP contribution in [0.5, 0.6) is 5.75 Å². The molecule has 41 heavy (non-hydrogen) atoms. The molecule has 2 aromatic carbocycles. The van der Waals surface area contributed by atoms with Crippen LogP contribution in [0.25, 0.3) is 0 Å². The molecular formula is C29H30O12. The van der Waals surface area contributed by atoms with E-state index in [1.165, 1.54) is 6.92 Å². The summed E-state index contributed by atoms with van der Waals surface area (Å²) in [5, 5.41) is 0. The van der Waals surface area contributed by atoms with Crippen molar-refractivity contribution in [1.29, 1.82) is 0 Å². The van der Waals surface area contributed by atoms with Crippen LogP contribution in [0.3, 0.4) is 0 Å². The highest BCUT2D eigenvalue weighted by molar-refractivity contribution is 6.01. The third kappa shape index (κ3) is 7.47. The summed E-state index contributed by atoms with van der Waals surface area (Å²) in [7, 11) is 0. The molecule has 0 bridgehead atoms. The lowest BCUT2D eigenvalue weighted by atomic mass is 9.98. The number of esters is 4. The zero-order chi connectivity index (χ0) is 29.7. The number of Topliss-reactive ketones (excluding diaryl/α,β-unsaturated/α-hetero) is 1. The maximum atomic E-state index is 12.9. The van der Waals surface area contributed by atoms with E-state index >= 15 is 0 Å². The molecule has 2 aromatic rings. The normalized spacial score (nSPS) is 26.7. The van der Waals surface area contributed by atoms with Crippen molar-refractivity contribution in [2.75, 3.05) is 6.61 Å². The van der Waals surface area contributed by atoms with Gasteiger partial charge in [0.25, 0.3) is 0 Å². The van der Waals surface area contributed by atoms with Crippen LogP contribution < -0.4 is 4.74 Å². The van der Waals surface area contributed by atoms with Gasteiger partial charge in [-0.2, -0.15) is 0 Å². The first kappa shape index (κ1) is 29.7. The number of carbonyl (C=O) groups is 5. The third-order valence-electron chi connectivity index (χ3n) is 6.23. The molecule has 7 atom stereocenters. The lowest BCUT2D eigenvalue weighted by Gasteiger charge is -2.44. The van der Waals surface area contributed by atoms with E-state index in [0.29, 0.717) is 11.1 Å². The molecule has 0 aliphatic carbocycles. The Morgan fingerprint density at radius 2 is 1.27 bits per heavy atom. The van der Waals surface area contributed by atoms with Crippen molar-refractivity contribution >= 4 is 29.7 Å². The molecule has 0 aromatic heterocycles. The van der Waals surface area contributed by atoms with Crippen LogP contribution in [0.15, 0.2) is 54.6 Å². The summed E-state index contributed by atoms with van der Waals surface area (Å²) in [5.41, 5.74) is 1.02. The third-order valence-corrected chi connectivity index (χ3v) is 6.23. The molecule has 2 aliphatic heterocycles. The molecule has 0 amide bonds. The molecule has 2 fully saturated rings. The van der Waals surface area contributed by atoms with E-state index in [0.717, 1.165) is 20.8 Å². The van der Waals surface area contributed by atoms with Crippen LogP contribution in [0.2, 0.25) is 0 Å². The van der Waals surface area contributed by atoms with Gasteiger partial charge < -0.3 is 33.2 Å². The summed E-state index contributed by atoms with van der Waals surface area (Å²) < 4.78 is 39.3. The monoisotopic (exact) mass is 570 g/mol. The number of hydrogen-bond donors (Lipinski definition) is 0. The fraction of sp³-hybridized carbons (Fsp3) is 0.414. The van der Waals surface area contributed by atoms with Crippen molar-refractivity contribution in [3.8, 4) is 5.75 Å². The maximum absolute atomic E-state index is 12.9. The molecule has 0 N–H and O–H groups in total. The van der Waals surface area contributed by atoms with E-state index < -0.39 is 73.4 Å². The van der Waals surface area contributed by atoms with Crippen molar-refractivity contribution in [2.45, 2.75) is 70.6 Å². The van der Waals surface area contributed by atoms with Crippen LogP contribution in [-0.2, 0) is 47.6 Å². The maximum Gasteiger partial charge on any atom is 0.303 e. The van der Waals surface area contributed by atoms with Crippen LogP contribution in [0, 0.1) is 0 Å². The minimum Gasteiger partial charge on any atom is -0.463 e. The largest absolute Gasteiger partial charge is 0.463 e. The zero-order valence-electron chi connectivity index (χ0n) is 22.8. The Kier molecular flexibility index (Phi) is 9.35. The number of rotatable bonds is 10. The number of hydrogen-bond acceptors (Lipinski definition) is 12. The van der Waals surface area contributed by atoms with E-state index in [1.54, 1.807) is 54.6 Å². The molecule has 2 aliphatic rings. The van der Waals surface area contributed by atoms with Gasteiger partial charge in [-0.25, -0.2) is 0 Å². The quantitative estimate of drug-likeness (QED) is 0.178. The predicted molar refractivity (Wildman–Crippen MR) is 137 cm³/mol. The van der Waals surface area contributed by atoms with Gasteiger partial charge in [-0.15, -0.1) is 0 Å². The molecule has 0 saturated carbocycles. The van der Waals surface area contributed by atoms with E-state index in [-0.39, 0.29) is 11.5 Å². The Hall–Kier alpha value is -4.29. The van der Waals surface area contributed by atoms with Gasteiger partial charge in [0.15, 0.2) is 24.1 Å². The summed E-state index contributed by atoms with van der Waals surface area (Å²) in [6, 6.07) is 15.4. The summed E-state index contributed by atoms with van der Waals surface area (Å²) in [6.07, 6.45) is -8.03. The van der Waals surface area contributed by atoms with Crippen LogP contribution in [-0.4, -0.2) is 73.1 Å². The van der Waals surface area contributed by atoms with Crippen LogP contribution in [0.1, 0.15) is 49.7 Å². The zero-order valence-corrected chi connectivity index (χ0v) is 22.8. The molecule has 12 heteroatoms. The van der Waals surface area contributed by atoms with Gasteiger partial charge in [-0.3, -0.25) is 24.0 Å². The Morgan fingerprint density at radius 3 is 1.90 bits per heavy atom. The second-order valence-corrected chi connectivity index (χ2v) is 9.43. The lowest BCUT2D eigenvalue weighted by molar-refractivity contribution is -0.288. The molecular weight excluding hydrogens is 540 g/mol. The molecule has 12 nitrogen and oxygen atoms in total. The van der Waals surface area contributed by atoms with E-state index in [9.17, 15) is 24.0 Å². The van der Waals surface area contributed by atoms with Gasteiger partial charge in [0.2, 0.25) is 12.4 Å². The summed E-state index contributed by atoms with van der Waals surface area (Å²) >= 11 is 0. The van der Waals surface area contributed by atoms with Gasteiger partial charge in [0.05, 0.1) is 0 Å². The molecule has 2 heterocycles. The second-order valence-electron chi connectivity index (χ2n) is 9.43. The number of para-hydroxylation sites is 1. The Balaban J connectivity index is 1.64. The molecule has 218 valence electrons. The topological polar surface area (TPSA) is 153 Å². The Labute approximate surface area is 235 Å². The number of epoxide rings is 1. The number of ether oxygens (including phenoxy) is 7. The molecule has 4 rings (SSSR count). The van der Waals surface area contributed by atoms with Crippen molar-refractivity contribution < 1.29 is 57.1 Å². The van der Waals surface area contributed by atoms with Gasteiger partial charge in [-0.05, 0) is 6.07 Å². The highest BCUT2D eigenvalue weighted by Gasteiger charge is 2.54. The molecule has 0 spiro atoms. The average Bonchev–Trinajstić information content (AvgIpc) is 3.71. The number of carbonyl (C=O) groups excluding carboxylic acids is 5. The smallest absolute Gasteiger partial charge is 0.303 e. The van der Waals surface area contributed by atoms with Gasteiger partial charge in [0, 0.05) is 38.8 Å². The highest BCUT2D eigenvalue weighted by Crippen LogP contribution is 2.45. The van der Waals surface area contributed by atoms with Crippen molar-refractivity contribution in [2.24, 2.45) is 0 Å². The standard InChI is InChI=1S/C29H30O12/c1-15(30)35-14-22-25(36-16(2)31)27(37-17(3)32)28(38-18(4)33)29(40-22)39-21-13-9-8-12-20(21)24-26(41-24)23(34)19-10-6-5-7-11-19/h5-13,22,24-29H,14H2,1-4H3/t22-,24-,25-,26-,27+,28-,29-/m1/s1. The molecule has 2 saturated heterocycles. The SMILES string of the molecule is CC(=O)OC[C@H]1O[C@@H](Oc2ccccc2[C@H]2O[C@@H]2C(=O)c2ccccc2)[C@H](OC(C)=O)[C@@H](OC(C)=O)[C@@H]1OC(C)=O. The number of ketones is 1. The molecule has 0 radical (unpaired) electrons. The van der Waals surface area contributed by atoms with Crippen molar-refractivity contribution in [1.82, 2.24) is 0 Å². The highest BCUT2D eigenvalue weighted by atomic mass is 16.7. The summed E-state index contributed by atoms with van der Waals surface area (Å²) in [5.74, 6) is -2.85. The van der Waals surface area contributed by atoms with E-state index in [1.807, 2.05) is 0 Å². The summed E-state index contributed by atoms with van der Waals surface area (Å²) in [6.45, 7) is 4.20. The fourth-order valence-electron chi connectivity index (χ4n) is 4.55. The minimum atomic E-state index is -1.42. The van der Waals surface area contributed by atoms with Crippen molar-refractivity contribution in [3.63, 3.8) is 0 Å². The van der Waals surface area contributed by atoms with Crippen molar-refractivity contribution in [3.05, 3.63) is 65.7 Å². The minimum absolute atomic E-state index is 0.197. The predicted octanol–water partition coefficient (Wildman–Crippen LogP) is 2.47. The second kappa shape index (κ2) is 12.9. The molecule has 0 unspecified atom stereocenters. The lowest BCUT2D eigenvalue weighted by Crippen LogP contribution is -2.63. The van der Waals surface area contributed by atoms with Crippen LogP contribution >= 0.6 is 0 Å². The number of benzene rings is 2. The first-order valence-corrected chi connectivity index (χ1v) is 12.9. The average molecular weight is 571 g/mol. The van der Waals surface area contributed by atoms with E-state index in [4.69, 9.17) is 33.2 Å².